The maximum Gasteiger partial charge on any atom is 0.257 e. The van der Waals surface area contributed by atoms with Crippen molar-refractivity contribution in [3.8, 4) is 11.3 Å². The van der Waals surface area contributed by atoms with E-state index in [1.54, 1.807) is 30.5 Å². The fraction of sp³-hybridized carbons (Fsp3) is 0.0769. The monoisotopic (exact) mass is 286 g/mol. The molecule has 7 heteroatoms. The van der Waals surface area contributed by atoms with Gasteiger partial charge in [0.15, 0.2) is 12.2 Å². The standard InChI is InChI=1S/C13H10N4O2S/c1-8-16-17-13(20-8)15-12(18)10-4-2-9(3-5-10)11-6-14-7-19-11/h2-7H,1H3,(H,15,17,18). The summed E-state index contributed by atoms with van der Waals surface area (Å²) in [6, 6.07) is 7.06. The molecule has 0 saturated heterocycles. The van der Waals surface area contributed by atoms with Gasteiger partial charge in [-0.3, -0.25) is 10.1 Å². The quantitative estimate of drug-likeness (QED) is 0.800. The van der Waals surface area contributed by atoms with Gasteiger partial charge in [-0.25, -0.2) is 4.98 Å². The van der Waals surface area contributed by atoms with Crippen LogP contribution in [-0.2, 0) is 0 Å². The molecule has 0 fully saturated rings. The molecular formula is C13H10N4O2S. The maximum absolute atomic E-state index is 12.0. The second-order valence-corrected chi connectivity index (χ2v) is 5.21. The van der Waals surface area contributed by atoms with Crippen molar-refractivity contribution in [2.24, 2.45) is 0 Å². The summed E-state index contributed by atoms with van der Waals surface area (Å²) < 4.78 is 5.19. The number of aromatic nitrogens is 3. The van der Waals surface area contributed by atoms with E-state index in [2.05, 4.69) is 20.5 Å². The summed E-state index contributed by atoms with van der Waals surface area (Å²) in [5, 5.41) is 11.7. The number of benzene rings is 1. The van der Waals surface area contributed by atoms with Crippen molar-refractivity contribution in [2.75, 3.05) is 5.32 Å². The molecule has 0 aliphatic heterocycles. The minimum atomic E-state index is -0.217. The highest BCUT2D eigenvalue weighted by Crippen LogP contribution is 2.20. The second kappa shape index (κ2) is 5.22. The second-order valence-electron chi connectivity index (χ2n) is 4.02. The summed E-state index contributed by atoms with van der Waals surface area (Å²) in [5.74, 6) is 0.446. The van der Waals surface area contributed by atoms with Crippen LogP contribution >= 0.6 is 11.3 Å². The van der Waals surface area contributed by atoms with Crippen LogP contribution < -0.4 is 5.32 Å². The summed E-state index contributed by atoms with van der Waals surface area (Å²) in [6.45, 7) is 1.83. The largest absolute Gasteiger partial charge is 0.444 e. The third-order valence-electron chi connectivity index (χ3n) is 2.61. The lowest BCUT2D eigenvalue weighted by molar-refractivity contribution is 0.102. The third kappa shape index (κ3) is 2.57. The van der Waals surface area contributed by atoms with Gasteiger partial charge in [0.2, 0.25) is 5.13 Å². The molecule has 0 radical (unpaired) electrons. The molecule has 100 valence electrons. The lowest BCUT2D eigenvalue weighted by Gasteiger charge is -2.02. The molecule has 0 atom stereocenters. The zero-order chi connectivity index (χ0) is 13.9. The number of hydrogen-bond donors (Lipinski definition) is 1. The van der Waals surface area contributed by atoms with Crippen LogP contribution in [0.15, 0.2) is 41.3 Å². The molecule has 0 bridgehead atoms. The zero-order valence-electron chi connectivity index (χ0n) is 10.5. The summed E-state index contributed by atoms with van der Waals surface area (Å²) >= 11 is 1.33. The molecule has 0 saturated carbocycles. The Morgan fingerprint density at radius 3 is 2.65 bits per heavy atom. The molecule has 3 rings (SSSR count). The van der Waals surface area contributed by atoms with Crippen LogP contribution in [0.3, 0.4) is 0 Å². The van der Waals surface area contributed by atoms with Gasteiger partial charge in [-0.1, -0.05) is 23.5 Å². The molecule has 1 aromatic carbocycles. The van der Waals surface area contributed by atoms with Crippen LogP contribution in [-0.4, -0.2) is 21.1 Å². The fourth-order valence-electron chi connectivity index (χ4n) is 1.66. The van der Waals surface area contributed by atoms with Gasteiger partial charge in [0.25, 0.3) is 5.91 Å². The van der Waals surface area contributed by atoms with Crippen LogP contribution in [0.4, 0.5) is 5.13 Å². The molecule has 0 aliphatic carbocycles. The van der Waals surface area contributed by atoms with Crippen LogP contribution in [0.1, 0.15) is 15.4 Å². The number of aryl methyl sites for hydroxylation is 1. The van der Waals surface area contributed by atoms with Crippen molar-refractivity contribution < 1.29 is 9.21 Å². The number of amides is 1. The Hall–Kier alpha value is -2.54. The topological polar surface area (TPSA) is 80.9 Å². The molecule has 0 aliphatic rings. The Morgan fingerprint density at radius 1 is 1.25 bits per heavy atom. The van der Waals surface area contributed by atoms with E-state index in [0.29, 0.717) is 16.5 Å². The van der Waals surface area contributed by atoms with Gasteiger partial charge >= 0.3 is 0 Å². The van der Waals surface area contributed by atoms with E-state index in [1.165, 1.54) is 17.7 Å². The van der Waals surface area contributed by atoms with E-state index in [4.69, 9.17) is 4.42 Å². The average Bonchev–Trinajstić information content (AvgIpc) is 3.11. The first-order valence-corrected chi connectivity index (χ1v) is 6.64. The first kappa shape index (κ1) is 12.5. The van der Waals surface area contributed by atoms with E-state index in [-0.39, 0.29) is 5.91 Å². The number of rotatable bonds is 3. The van der Waals surface area contributed by atoms with Gasteiger partial charge in [-0.15, -0.1) is 10.2 Å². The Labute approximate surface area is 118 Å². The first-order valence-electron chi connectivity index (χ1n) is 5.83. The lowest BCUT2D eigenvalue weighted by Crippen LogP contribution is -2.11. The minimum Gasteiger partial charge on any atom is -0.444 e. The summed E-state index contributed by atoms with van der Waals surface area (Å²) in [6.07, 6.45) is 2.99. The Bertz CT molecular complexity index is 719. The molecule has 2 heterocycles. The molecule has 20 heavy (non-hydrogen) atoms. The molecule has 6 nitrogen and oxygen atoms in total. The normalized spacial score (nSPS) is 10.4. The maximum atomic E-state index is 12.0. The number of carbonyl (C=O) groups excluding carboxylic acids is 1. The SMILES string of the molecule is Cc1nnc(NC(=O)c2ccc(-c3cnco3)cc2)s1. The number of oxazole rings is 1. The molecule has 0 unspecified atom stereocenters. The van der Waals surface area contributed by atoms with Crippen molar-refractivity contribution in [1.29, 1.82) is 0 Å². The van der Waals surface area contributed by atoms with Gasteiger partial charge in [-0.2, -0.15) is 0 Å². The van der Waals surface area contributed by atoms with E-state index < -0.39 is 0 Å². The number of carbonyl (C=O) groups is 1. The molecule has 2 aromatic heterocycles. The smallest absolute Gasteiger partial charge is 0.257 e. The van der Waals surface area contributed by atoms with Crippen molar-refractivity contribution in [1.82, 2.24) is 15.2 Å². The van der Waals surface area contributed by atoms with E-state index in [0.717, 1.165) is 10.6 Å². The van der Waals surface area contributed by atoms with Crippen molar-refractivity contribution in [3.63, 3.8) is 0 Å². The van der Waals surface area contributed by atoms with Crippen LogP contribution in [0.25, 0.3) is 11.3 Å². The first-order chi connectivity index (χ1) is 9.72. The molecule has 0 spiro atoms. The molecule has 1 amide bonds. The van der Waals surface area contributed by atoms with Crippen molar-refractivity contribution in [3.05, 3.63) is 47.4 Å². The van der Waals surface area contributed by atoms with E-state index in [9.17, 15) is 4.79 Å². The number of hydrogen-bond acceptors (Lipinski definition) is 6. The average molecular weight is 286 g/mol. The molecule has 3 aromatic rings. The minimum absolute atomic E-state index is 0.217. The fourth-order valence-corrected chi connectivity index (χ4v) is 2.25. The van der Waals surface area contributed by atoms with Crippen LogP contribution in [0.5, 0.6) is 0 Å². The highest BCUT2D eigenvalue weighted by Gasteiger charge is 2.09. The van der Waals surface area contributed by atoms with Crippen LogP contribution in [0.2, 0.25) is 0 Å². The summed E-state index contributed by atoms with van der Waals surface area (Å²) in [4.78, 5) is 15.9. The van der Waals surface area contributed by atoms with Gasteiger partial charge < -0.3 is 4.42 Å². The predicted octanol–water partition coefficient (Wildman–Crippen LogP) is 2.75. The zero-order valence-corrected chi connectivity index (χ0v) is 11.3. The third-order valence-corrected chi connectivity index (χ3v) is 3.36. The number of nitrogens with zero attached hydrogens (tertiary/aromatic N) is 3. The summed E-state index contributed by atoms with van der Waals surface area (Å²) in [5.41, 5.74) is 1.41. The Morgan fingerprint density at radius 2 is 2.05 bits per heavy atom. The van der Waals surface area contributed by atoms with Crippen LogP contribution in [0, 0.1) is 6.92 Å². The highest BCUT2D eigenvalue weighted by atomic mass is 32.1. The summed E-state index contributed by atoms with van der Waals surface area (Å²) in [7, 11) is 0. The number of nitrogens with one attached hydrogen (secondary N) is 1. The van der Waals surface area contributed by atoms with Gasteiger partial charge in [0.1, 0.15) is 5.01 Å². The lowest BCUT2D eigenvalue weighted by atomic mass is 10.1. The highest BCUT2D eigenvalue weighted by molar-refractivity contribution is 7.15. The van der Waals surface area contributed by atoms with E-state index in [1.807, 2.05) is 6.92 Å². The van der Waals surface area contributed by atoms with Gasteiger partial charge in [-0.05, 0) is 19.1 Å². The van der Waals surface area contributed by atoms with Gasteiger partial charge in [0, 0.05) is 11.1 Å². The van der Waals surface area contributed by atoms with Crippen molar-refractivity contribution >= 4 is 22.4 Å². The molecular weight excluding hydrogens is 276 g/mol. The van der Waals surface area contributed by atoms with E-state index >= 15 is 0 Å². The Balaban J connectivity index is 1.75. The molecule has 1 N–H and O–H groups in total. The van der Waals surface area contributed by atoms with Gasteiger partial charge in [0.05, 0.1) is 6.20 Å². The Kier molecular flexibility index (Phi) is 3.26. The predicted molar refractivity (Wildman–Crippen MR) is 74.5 cm³/mol. The number of anilines is 1. The van der Waals surface area contributed by atoms with Crippen molar-refractivity contribution in [2.45, 2.75) is 6.92 Å².